The number of carbonyl (C=O) groups is 2. The number of para-hydroxylation sites is 1. The molecule has 4 aromatic rings. The lowest BCUT2D eigenvalue weighted by Gasteiger charge is -2.40. The van der Waals surface area contributed by atoms with Gasteiger partial charge in [-0.25, -0.2) is 9.48 Å². The summed E-state index contributed by atoms with van der Waals surface area (Å²) < 4.78 is 6.85. The topological polar surface area (TPSA) is 100 Å². The van der Waals surface area contributed by atoms with Gasteiger partial charge in [-0.2, -0.15) is 10.4 Å². The van der Waals surface area contributed by atoms with Gasteiger partial charge in [0, 0.05) is 17.1 Å². The monoisotopic (exact) mass is 495 g/mol. The second-order valence-corrected chi connectivity index (χ2v) is 8.53. The van der Waals surface area contributed by atoms with Gasteiger partial charge in [-0.05, 0) is 30.5 Å². The van der Waals surface area contributed by atoms with E-state index in [0.29, 0.717) is 11.3 Å². The van der Waals surface area contributed by atoms with Crippen molar-refractivity contribution in [3.05, 3.63) is 90.3 Å². The Bertz CT molecular complexity index is 1520. The molecular weight excluding hydrogens is 474 g/mol. The van der Waals surface area contributed by atoms with Crippen LogP contribution in [0.15, 0.2) is 79.0 Å². The third-order valence-electron chi connectivity index (χ3n) is 5.97. The van der Waals surface area contributed by atoms with Crippen molar-refractivity contribution < 1.29 is 14.3 Å². The Balaban J connectivity index is 1.72. The normalized spacial score (nSPS) is 17.5. The predicted octanol–water partition coefficient (Wildman–Crippen LogP) is 4.30. The van der Waals surface area contributed by atoms with Gasteiger partial charge in [0.25, 0.3) is 0 Å². The molecule has 178 valence electrons. The quantitative estimate of drug-likeness (QED) is 0.325. The lowest BCUT2D eigenvalue weighted by atomic mass is 9.99. The first kappa shape index (κ1) is 23.2. The fourth-order valence-electron chi connectivity index (χ4n) is 4.33. The fraction of sp³-hybridized carbons (Fsp3) is 0.148. The Kier molecular flexibility index (Phi) is 6.19. The summed E-state index contributed by atoms with van der Waals surface area (Å²) in [5.74, 6) is -2.32. The van der Waals surface area contributed by atoms with Crippen LogP contribution in [-0.2, 0) is 9.53 Å². The zero-order valence-electron chi connectivity index (χ0n) is 19.3. The second kappa shape index (κ2) is 9.60. The zero-order valence-corrected chi connectivity index (χ0v) is 20.1. The number of nitrogens with zero attached hydrogens (tertiary/aromatic N) is 4. The van der Waals surface area contributed by atoms with Gasteiger partial charge in [0.15, 0.2) is 11.6 Å². The number of nitriles is 1. The van der Waals surface area contributed by atoms with E-state index in [9.17, 15) is 14.9 Å². The first-order valence-corrected chi connectivity index (χ1v) is 11.8. The highest BCUT2D eigenvalue weighted by Crippen LogP contribution is 2.37. The van der Waals surface area contributed by atoms with E-state index in [1.165, 1.54) is 0 Å². The minimum atomic E-state index is -1.16. The highest BCUT2D eigenvalue weighted by molar-refractivity contribution is 7.80. The number of ether oxygens (including phenoxy) is 1. The van der Waals surface area contributed by atoms with Crippen molar-refractivity contribution in [2.45, 2.75) is 13.1 Å². The van der Waals surface area contributed by atoms with Gasteiger partial charge in [0.05, 0.1) is 24.1 Å². The van der Waals surface area contributed by atoms with Crippen molar-refractivity contribution in [2.75, 3.05) is 11.5 Å². The van der Waals surface area contributed by atoms with Crippen LogP contribution in [0.4, 0.5) is 5.69 Å². The average molecular weight is 496 g/mol. The summed E-state index contributed by atoms with van der Waals surface area (Å²) in [5.41, 5.74) is 1.88. The molecule has 0 radical (unpaired) electrons. The number of aromatic nitrogens is 2. The van der Waals surface area contributed by atoms with Gasteiger partial charge >= 0.3 is 5.97 Å². The van der Waals surface area contributed by atoms with E-state index >= 15 is 0 Å². The molecular formula is C27H21N5O3S. The van der Waals surface area contributed by atoms with Crippen molar-refractivity contribution in [3.8, 4) is 11.8 Å². The van der Waals surface area contributed by atoms with Crippen LogP contribution in [0.3, 0.4) is 0 Å². The molecule has 2 atom stereocenters. The Morgan fingerprint density at radius 2 is 1.83 bits per heavy atom. The standard InChI is InChI=1S/C27H21N5O3S/c1-2-35-27(34)23-21(16-31(30-23)18-11-4-3-5-12-18)24-29-25(33)20(15-28)26(36)32(24)22-14-8-10-17-9-6-7-13-19(17)22/h3-14,16,20,24H,2H2,1H3,(H,29,33)/t20-,24-/m0/s1. The maximum absolute atomic E-state index is 13.0. The van der Waals surface area contributed by atoms with Crippen molar-refractivity contribution in [1.29, 1.82) is 5.26 Å². The van der Waals surface area contributed by atoms with Crippen LogP contribution in [0.25, 0.3) is 16.5 Å². The van der Waals surface area contributed by atoms with Gasteiger partial charge < -0.3 is 15.0 Å². The Morgan fingerprint density at radius 3 is 2.58 bits per heavy atom. The number of hydrogen-bond donors (Lipinski definition) is 1. The van der Waals surface area contributed by atoms with Gasteiger partial charge in [0.2, 0.25) is 5.91 Å². The fourth-order valence-corrected chi connectivity index (χ4v) is 4.69. The Morgan fingerprint density at radius 1 is 1.11 bits per heavy atom. The number of hydrogen-bond acceptors (Lipinski definition) is 6. The molecule has 9 heteroatoms. The van der Waals surface area contributed by atoms with Gasteiger partial charge in [-0.1, -0.05) is 66.8 Å². The molecule has 2 heterocycles. The molecule has 1 saturated heterocycles. The summed E-state index contributed by atoms with van der Waals surface area (Å²) in [6.45, 7) is 1.87. The highest BCUT2D eigenvalue weighted by Gasteiger charge is 2.42. The third-order valence-corrected chi connectivity index (χ3v) is 6.40. The first-order chi connectivity index (χ1) is 17.5. The smallest absolute Gasteiger partial charge is 0.359 e. The van der Waals surface area contributed by atoms with Crippen LogP contribution in [0.5, 0.6) is 0 Å². The molecule has 36 heavy (non-hydrogen) atoms. The number of rotatable bonds is 5. The number of anilines is 1. The molecule has 8 nitrogen and oxygen atoms in total. The van der Waals surface area contributed by atoms with Gasteiger partial charge in [-0.3, -0.25) is 4.79 Å². The number of amides is 1. The number of esters is 1. The van der Waals surface area contributed by atoms with E-state index in [1.807, 2.05) is 78.9 Å². The molecule has 3 aromatic carbocycles. The van der Waals surface area contributed by atoms with Crippen LogP contribution in [0.2, 0.25) is 0 Å². The molecule has 1 aliphatic rings. The molecule has 0 bridgehead atoms. The lowest BCUT2D eigenvalue weighted by molar-refractivity contribution is -0.123. The summed E-state index contributed by atoms with van der Waals surface area (Å²) in [4.78, 5) is 27.8. The summed E-state index contributed by atoms with van der Waals surface area (Å²) in [5, 5.41) is 19.0. The SMILES string of the molecule is CCOC(=O)c1nn(-c2ccccc2)cc1[C@H]1NC(=O)[C@H](C#N)C(=S)N1c1cccc2ccccc12. The van der Waals surface area contributed by atoms with Crippen molar-refractivity contribution in [3.63, 3.8) is 0 Å². The molecule has 5 rings (SSSR count). The number of nitrogens with one attached hydrogen (secondary N) is 1. The molecule has 1 aliphatic heterocycles. The molecule has 1 amide bonds. The summed E-state index contributed by atoms with van der Waals surface area (Å²) in [7, 11) is 0. The van der Waals surface area contributed by atoms with Gasteiger partial charge in [-0.15, -0.1) is 0 Å². The van der Waals surface area contributed by atoms with Crippen molar-refractivity contribution >= 4 is 45.5 Å². The van der Waals surface area contributed by atoms with Crippen molar-refractivity contribution in [1.82, 2.24) is 15.1 Å². The molecule has 0 spiro atoms. The minimum Gasteiger partial charge on any atom is -0.461 e. The Hall–Kier alpha value is -4.55. The first-order valence-electron chi connectivity index (χ1n) is 11.4. The molecule has 0 unspecified atom stereocenters. The van der Waals surface area contributed by atoms with Crippen LogP contribution in [0.1, 0.15) is 29.1 Å². The maximum Gasteiger partial charge on any atom is 0.359 e. The average Bonchev–Trinajstić information content (AvgIpc) is 3.35. The number of benzene rings is 3. The molecule has 0 saturated carbocycles. The van der Waals surface area contributed by atoms with E-state index in [-0.39, 0.29) is 17.3 Å². The van der Waals surface area contributed by atoms with Crippen LogP contribution in [-0.4, -0.2) is 33.3 Å². The number of fused-ring (bicyclic) bond motifs is 1. The van der Waals surface area contributed by atoms with E-state index in [2.05, 4.69) is 10.4 Å². The predicted molar refractivity (Wildman–Crippen MR) is 139 cm³/mol. The summed E-state index contributed by atoms with van der Waals surface area (Å²) in [6.07, 6.45) is 0.789. The van der Waals surface area contributed by atoms with Crippen LogP contribution in [0, 0.1) is 17.2 Å². The number of thiocarbonyl (C=S) groups is 1. The summed E-state index contributed by atoms with van der Waals surface area (Å²) >= 11 is 5.71. The lowest BCUT2D eigenvalue weighted by Crippen LogP contribution is -2.56. The zero-order chi connectivity index (χ0) is 25.2. The molecule has 0 aliphatic carbocycles. The minimum absolute atomic E-state index is 0.0504. The molecule has 1 aromatic heterocycles. The van der Waals surface area contributed by atoms with E-state index < -0.39 is 24.0 Å². The highest BCUT2D eigenvalue weighted by atomic mass is 32.1. The third kappa shape index (κ3) is 3.97. The van der Waals surface area contributed by atoms with Gasteiger partial charge in [0.1, 0.15) is 11.2 Å². The van der Waals surface area contributed by atoms with E-state index in [1.54, 1.807) is 22.7 Å². The van der Waals surface area contributed by atoms with Crippen LogP contribution < -0.4 is 10.2 Å². The number of carbonyl (C=O) groups excluding carboxylic acids is 2. The maximum atomic E-state index is 13.0. The Labute approximate surface area is 212 Å². The van der Waals surface area contributed by atoms with E-state index in [4.69, 9.17) is 17.0 Å². The van der Waals surface area contributed by atoms with Crippen molar-refractivity contribution in [2.24, 2.45) is 5.92 Å². The molecule has 1 fully saturated rings. The largest absolute Gasteiger partial charge is 0.461 e. The second-order valence-electron chi connectivity index (χ2n) is 8.11. The summed E-state index contributed by atoms with van der Waals surface area (Å²) in [6, 6.07) is 24.8. The van der Waals surface area contributed by atoms with E-state index in [0.717, 1.165) is 16.5 Å². The van der Waals surface area contributed by atoms with Crippen LogP contribution >= 0.6 is 12.2 Å². The molecule has 1 N–H and O–H groups in total.